The highest BCUT2D eigenvalue weighted by atomic mass is 32.2. The number of benzene rings is 1. The molecule has 8 heteroatoms. The lowest BCUT2D eigenvalue weighted by atomic mass is 9.94. The zero-order valence-corrected chi connectivity index (χ0v) is 18.1. The van der Waals surface area contributed by atoms with Crippen LogP contribution in [-0.2, 0) is 19.4 Å². The van der Waals surface area contributed by atoms with E-state index < -0.39 is 27.3 Å². The number of thiophene rings is 1. The third kappa shape index (κ3) is 3.96. The molecule has 3 atom stereocenters. The largest absolute Gasteiger partial charge is 0.350 e. The molecule has 2 aromatic rings. The molecule has 4 rings (SSSR count). The minimum atomic E-state index is -3.14. The first-order chi connectivity index (χ1) is 13.7. The van der Waals surface area contributed by atoms with Crippen molar-refractivity contribution in [2.45, 2.75) is 38.3 Å². The van der Waals surface area contributed by atoms with E-state index >= 15 is 0 Å². The summed E-state index contributed by atoms with van der Waals surface area (Å²) in [5.74, 6) is -0.903. The summed E-state index contributed by atoms with van der Waals surface area (Å²) in [6.07, 6.45) is 0.498. The Morgan fingerprint density at radius 3 is 2.55 bits per heavy atom. The summed E-state index contributed by atoms with van der Waals surface area (Å²) in [6, 6.07) is 11.2. The van der Waals surface area contributed by atoms with E-state index in [1.165, 1.54) is 11.3 Å². The van der Waals surface area contributed by atoms with Gasteiger partial charge in [-0.2, -0.15) is 0 Å². The second-order valence-electron chi connectivity index (χ2n) is 8.26. The molecular formula is C21H24N2O4S2. The van der Waals surface area contributed by atoms with Crippen LogP contribution >= 0.6 is 11.3 Å². The molecule has 2 fully saturated rings. The monoisotopic (exact) mass is 432 g/mol. The van der Waals surface area contributed by atoms with Crippen molar-refractivity contribution in [3.63, 3.8) is 0 Å². The van der Waals surface area contributed by atoms with E-state index in [9.17, 15) is 18.0 Å². The van der Waals surface area contributed by atoms with E-state index in [0.29, 0.717) is 6.42 Å². The average Bonchev–Trinajstić information content (AvgIpc) is 3.34. The number of rotatable bonds is 4. The number of aryl methyl sites for hydroxylation is 1. The van der Waals surface area contributed by atoms with Gasteiger partial charge in [0.25, 0.3) is 0 Å². The Bertz CT molecular complexity index is 1030. The third-order valence-electron chi connectivity index (χ3n) is 5.73. The van der Waals surface area contributed by atoms with Crippen molar-refractivity contribution in [3.8, 4) is 0 Å². The first-order valence-electron chi connectivity index (χ1n) is 9.62. The van der Waals surface area contributed by atoms with Crippen molar-refractivity contribution in [2.24, 2.45) is 5.92 Å². The summed E-state index contributed by atoms with van der Waals surface area (Å²) >= 11 is 1.52. The zero-order chi connectivity index (χ0) is 20.8. The molecular weight excluding hydrogens is 408 g/mol. The molecule has 0 aliphatic carbocycles. The number of sulfone groups is 1. The van der Waals surface area contributed by atoms with Gasteiger partial charge in [0.05, 0.1) is 29.0 Å². The van der Waals surface area contributed by atoms with Gasteiger partial charge in [0.2, 0.25) is 11.8 Å². The third-order valence-corrected chi connectivity index (χ3v) is 8.58. The molecule has 2 amide bonds. The number of carbonyl (C=O) groups excluding carboxylic acids is 2. The molecule has 0 saturated carbocycles. The fourth-order valence-corrected chi connectivity index (χ4v) is 7.24. The average molecular weight is 433 g/mol. The van der Waals surface area contributed by atoms with E-state index in [4.69, 9.17) is 0 Å². The van der Waals surface area contributed by atoms with Gasteiger partial charge < -0.3 is 10.2 Å². The molecule has 3 unspecified atom stereocenters. The van der Waals surface area contributed by atoms with Crippen molar-refractivity contribution < 1.29 is 18.0 Å². The molecule has 1 aromatic heterocycles. The maximum Gasteiger partial charge on any atom is 0.228 e. The van der Waals surface area contributed by atoms with Crippen LogP contribution in [0.1, 0.15) is 36.2 Å². The van der Waals surface area contributed by atoms with Gasteiger partial charge >= 0.3 is 0 Å². The molecule has 3 heterocycles. The topological polar surface area (TPSA) is 83.6 Å². The predicted molar refractivity (Wildman–Crippen MR) is 114 cm³/mol. The number of nitrogens with one attached hydrogen (secondary N) is 1. The highest BCUT2D eigenvalue weighted by molar-refractivity contribution is 7.91. The summed E-state index contributed by atoms with van der Waals surface area (Å²) in [4.78, 5) is 28.8. The van der Waals surface area contributed by atoms with Gasteiger partial charge in [0.1, 0.15) is 0 Å². The van der Waals surface area contributed by atoms with Crippen molar-refractivity contribution in [1.82, 2.24) is 5.32 Å². The molecule has 0 radical (unpaired) electrons. The summed E-state index contributed by atoms with van der Waals surface area (Å²) in [5.41, 5.74) is 1.08. The Kier molecular flexibility index (Phi) is 5.02. The van der Waals surface area contributed by atoms with Gasteiger partial charge in [-0.25, -0.2) is 8.42 Å². The molecule has 29 heavy (non-hydrogen) atoms. The lowest BCUT2D eigenvalue weighted by Crippen LogP contribution is -2.50. The standard InChI is InChI=1S/C21H24N2O4S2/c1-14-5-7-15(8-6-14)23-18(24)12-16(19(23)17-4-3-10-28-17)20(25)22-21(2)9-11-29(26,27)13-21/h3-8,10,16,19H,9,11-13H2,1-2H3,(H,22,25). The van der Waals surface area contributed by atoms with Crippen molar-refractivity contribution in [1.29, 1.82) is 0 Å². The maximum atomic E-state index is 13.2. The summed E-state index contributed by atoms with van der Waals surface area (Å²) in [6.45, 7) is 3.75. The van der Waals surface area contributed by atoms with E-state index in [1.54, 1.807) is 11.8 Å². The van der Waals surface area contributed by atoms with Gasteiger partial charge in [-0.3, -0.25) is 9.59 Å². The van der Waals surface area contributed by atoms with Crippen molar-refractivity contribution in [3.05, 3.63) is 52.2 Å². The van der Waals surface area contributed by atoms with Crippen LogP contribution < -0.4 is 10.2 Å². The molecule has 154 valence electrons. The molecule has 1 N–H and O–H groups in total. The first kappa shape index (κ1) is 20.1. The van der Waals surface area contributed by atoms with Gasteiger partial charge in [0, 0.05) is 17.0 Å². The first-order valence-corrected chi connectivity index (χ1v) is 12.3. The second-order valence-corrected chi connectivity index (χ2v) is 11.4. The van der Waals surface area contributed by atoms with E-state index in [2.05, 4.69) is 5.32 Å². The molecule has 1 aromatic carbocycles. The number of hydrogen-bond donors (Lipinski definition) is 1. The number of anilines is 1. The van der Waals surface area contributed by atoms with Crippen molar-refractivity contribution in [2.75, 3.05) is 16.4 Å². The quantitative estimate of drug-likeness (QED) is 0.805. The normalized spacial score (nSPS) is 28.6. The highest BCUT2D eigenvalue weighted by Gasteiger charge is 2.48. The minimum Gasteiger partial charge on any atom is -0.350 e. The predicted octanol–water partition coefficient (Wildman–Crippen LogP) is 2.84. The Balaban J connectivity index is 1.65. The van der Waals surface area contributed by atoms with Crippen LogP contribution in [0.25, 0.3) is 0 Å². The van der Waals surface area contributed by atoms with Crippen LogP contribution in [0.4, 0.5) is 5.69 Å². The van der Waals surface area contributed by atoms with Gasteiger partial charge in [0.15, 0.2) is 9.84 Å². The van der Waals surface area contributed by atoms with E-state index in [-0.39, 0.29) is 29.7 Å². The fourth-order valence-electron chi connectivity index (χ4n) is 4.26. The molecule has 2 saturated heterocycles. The van der Waals surface area contributed by atoms with Gasteiger partial charge in [-0.1, -0.05) is 23.8 Å². The van der Waals surface area contributed by atoms with E-state index in [1.807, 2.05) is 48.7 Å². The van der Waals surface area contributed by atoms with Crippen LogP contribution in [0, 0.1) is 12.8 Å². The lowest BCUT2D eigenvalue weighted by molar-refractivity contribution is -0.128. The smallest absolute Gasteiger partial charge is 0.228 e. The highest BCUT2D eigenvalue weighted by Crippen LogP contribution is 2.43. The number of hydrogen-bond acceptors (Lipinski definition) is 5. The summed E-state index contributed by atoms with van der Waals surface area (Å²) in [5, 5.41) is 4.89. The zero-order valence-electron chi connectivity index (χ0n) is 16.4. The van der Waals surface area contributed by atoms with Gasteiger partial charge in [-0.05, 0) is 43.8 Å². The fraction of sp³-hybridized carbons (Fsp3) is 0.429. The Labute approximate surface area is 174 Å². The number of amides is 2. The van der Waals surface area contributed by atoms with Crippen LogP contribution in [0.15, 0.2) is 41.8 Å². The van der Waals surface area contributed by atoms with Crippen LogP contribution in [0.3, 0.4) is 0 Å². The Morgan fingerprint density at radius 2 is 1.97 bits per heavy atom. The molecule has 0 spiro atoms. The van der Waals surface area contributed by atoms with Crippen LogP contribution in [0.5, 0.6) is 0 Å². The summed E-state index contributed by atoms with van der Waals surface area (Å²) < 4.78 is 23.8. The molecule has 0 bridgehead atoms. The Hall–Kier alpha value is -2.19. The van der Waals surface area contributed by atoms with Crippen LogP contribution in [0.2, 0.25) is 0 Å². The van der Waals surface area contributed by atoms with Crippen LogP contribution in [-0.4, -0.2) is 37.3 Å². The molecule has 6 nitrogen and oxygen atoms in total. The van der Waals surface area contributed by atoms with E-state index in [0.717, 1.165) is 16.1 Å². The van der Waals surface area contributed by atoms with Crippen molar-refractivity contribution >= 4 is 38.7 Å². The second kappa shape index (κ2) is 7.25. The maximum absolute atomic E-state index is 13.2. The van der Waals surface area contributed by atoms with Gasteiger partial charge in [-0.15, -0.1) is 11.3 Å². The lowest BCUT2D eigenvalue weighted by Gasteiger charge is -2.30. The Morgan fingerprint density at radius 1 is 1.24 bits per heavy atom. The number of carbonyl (C=O) groups is 2. The SMILES string of the molecule is Cc1ccc(N2C(=O)CC(C(=O)NC3(C)CCS(=O)(=O)C3)C2c2cccs2)cc1. The molecule has 2 aliphatic heterocycles. The number of nitrogens with zero attached hydrogens (tertiary/aromatic N) is 1. The summed E-state index contributed by atoms with van der Waals surface area (Å²) in [7, 11) is -3.14. The molecule has 2 aliphatic rings. The minimum absolute atomic E-state index is 0.0578.